The van der Waals surface area contributed by atoms with Crippen LogP contribution in [0.1, 0.15) is 51.7 Å². The van der Waals surface area contributed by atoms with E-state index in [1.165, 1.54) is 12.4 Å². The average molecular weight is 365 g/mol. The largest absolute Gasteiger partial charge is 0.450 e. The van der Waals surface area contributed by atoms with E-state index in [0.29, 0.717) is 18.8 Å². The van der Waals surface area contributed by atoms with E-state index in [0.717, 1.165) is 46.2 Å². The van der Waals surface area contributed by atoms with Crippen LogP contribution in [0.5, 0.6) is 0 Å². The van der Waals surface area contributed by atoms with Gasteiger partial charge in [-0.1, -0.05) is 12.1 Å². The summed E-state index contributed by atoms with van der Waals surface area (Å²) in [5.41, 5.74) is 4.47. The number of hydrogen-bond donors (Lipinski definition) is 1. The monoisotopic (exact) mass is 365 g/mol. The Morgan fingerprint density at radius 2 is 2.07 bits per heavy atom. The summed E-state index contributed by atoms with van der Waals surface area (Å²) in [6.07, 6.45) is 3.22. The van der Waals surface area contributed by atoms with Gasteiger partial charge < -0.3 is 14.3 Å². The summed E-state index contributed by atoms with van der Waals surface area (Å²) in [5.74, 6) is 0.396. The van der Waals surface area contributed by atoms with E-state index < -0.39 is 0 Å². The molecule has 140 valence electrons. The summed E-state index contributed by atoms with van der Waals surface area (Å²) in [6, 6.07) is 5.60. The van der Waals surface area contributed by atoms with Gasteiger partial charge in [0.25, 0.3) is 11.5 Å². The quantitative estimate of drug-likeness (QED) is 0.754. The van der Waals surface area contributed by atoms with E-state index in [-0.39, 0.29) is 17.4 Å². The van der Waals surface area contributed by atoms with E-state index in [4.69, 9.17) is 4.42 Å². The Balaban J connectivity index is 1.64. The first kappa shape index (κ1) is 17.5. The predicted molar refractivity (Wildman–Crippen MR) is 103 cm³/mol. The summed E-state index contributed by atoms with van der Waals surface area (Å²) in [5, 5.41) is 0.992. The zero-order chi connectivity index (χ0) is 19.1. The number of H-pyrrole nitrogens is 1. The summed E-state index contributed by atoms with van der Waals surface area (Å²) in [4.78, 5) is 33.4. The van der Waals surface area contributed by atoms with Gasteiger partial charge >= 0.3 is 0 Å². The van der Waals surface area contributed by atoms with Crippen LogP contribution in [0.4, 0.5) is 0 Å². The van der Waals surface area contributed by atoms with Crippen LogP contribution in [0, 0.1) is 20.8 Å². The van der Waals surface area contributed by atoms with Gasteiger partial charge in [-0.2, -0.15) is 0 Å². The number of aromatic nitrogens is 2. The summed E-state index contributed by atoms with van der Waals surface area (Å²) in [7, 11) is 0. The molecule has 6 nitrogen and oxygen atoms in total. The maximum Gasteiger partial charge on any atom is 0.289 e. The van der Waals surface area contributed by atoms with Gasteiger partial charge in [0, 0.05) is 36.0 Å². The number of aromatic amines is 1. The number of likely N-dealkylation sites (tertiary alicyclic amines) is 1. The minimum atomic E-state index is -0.164. The fourth-order valence-electron chi connectivity index (χ4n) is 3.88. The van der Waals surface area contributed by atoms with E-state index in [1.54, 1.807) is 0 Å². The molecule has 0 saturated carbocycles. The molecule has 0 aliphatic carbocycles. The molecule has 1 atom stereocenters. The van der Waals surface area contributed by atoms with Crippen LogP contribution < -0.4 is 5.56 Å². The second kappa shape index (κ2) is 6.68. The Hall–Kier alpha value is -2.89. The Bertz CT molecular complexity index is 1080. The maximum absolute atomic E-state index is 13.2. The number of amides is 1. The normalized spacial score (nSPS) is 17.4. The van der Waals surface area contributed by atoms with Gasteiger partial charge in [-0.05, 0) is 44.7 Å². The van der Waals surface area contributed by atoms with Crippen LogP contribution in [0.2, 0.25) is 0 Å². The number of hydrogen-bond acceptors (Lipinski definition) is 4. The predicted octanol–water partition coefficient (Wildman–Crippen LogP) is 3.46. The van der Waals surface area contributed by atoms with Crippen LogP contribution >= 0.6 is 0 Å². The highest BCUT2D eigenvalue weighted by Gasteiger charge is 2.30. The fourth-order valence-corrected chi connectivity index (χ4v) is 3.88. The molecule has 1 aromatic carbocycles. The van der Waals surface area contributed by atoms with Crippen molar-refractivity contribution < 1.29 is 9.21 Å². The van der Waals surface area contributed by atoms with Crippen LogP contribution in [0.15, 0.2) is 33.7 Å². The lowest BCUT2D eigenvalue weighted by Gasteiger charge is -2.32. The molecule has 3 heterocycles. The number of nitrogens with one attached hydrogen (secondary N) is 1. The van der Waals surface area contributed by atoms with Crippen molar-refractivity contribution in [3.63, 3.8) is 0 Å². The number of aryl methyl sites for hydroxylation is 3. The molecule has 0 spiro atoms. The highest BCUT2D eigenvalue weighted by atomic mass is 16.3. The van der Waals surface area contributed by atoms with Gasteiger partial charge in [0.2, 0.25) is 0 Å². The van der Waals surface area contributed by atoms with Gasteiger partial charge in [-0.15, -0.1) is 0 Å². The number of rotatable bonds is 2. The van der Waals surface area contributed by atoms with Crippen LogP contribution in [0.25, 0.3) is 11.0 Å². The lowest BCUT2D eigenvalue weighted by Crippen LogP contribution is -2.39. The number of carbonyl (C=O) groups excluding carboxylic acids is 1. The van der Waals surface area contributed by atoms with Crippen molar-refractivity contribution in [2.75, 3.05) is 13.1 Å². The Morgan fingerprint density at radius 3 is 2.85 bits per heavy atom. The minimum Gasteiger partial charge on any atom is -0.450 e. The van der Waals surface area contributed by atoms with Crippen molar-refractivity contribution in [3.05, 3.63) is 63.0 Å². The number of piperidine rings is 1. The third-order valence-electron chi connectivity index (χ3n) is 5.65. The highest BCUT2D eigenvalue weighted by Crippen LogP contribution is 2.32. The van der Waals surface area contributed by atoms with Gasteiger partial charge in [-0.3, -0.25) is 9.59 Å². The van der Waals surface area contributed by atoms with E-state index >= 15 is 0 Å². The van der Waals surface area contributed by atoms with Crippen molar-refractivity contribution in [1.82, 2.24) is 14.9 Å². The Morgan fingerprint density at radius 1 is 1.26 bits per heavy atom. The fraction of sp³-hybridized carbons (Fsp3) is 0.381. The molecule has 6 heteroatoms. The lowest BCUT2D eigenvalue weighted by molar-refractivity contribution is 0.0675. The third-order valence-corrected chi connectivity index (χ3v) is 5.65. The van der Waals surface area contributed by atoms with E-state index in [1.807, 2.05) is 31.7 Å². The molecule has 4 rings (SSSR count). The molecule has 1 amide bonds. The maximum atomic E-state index is 13.2. The SMILES string of the molecule is Cc1ccc2c(C)c(C(=O)N3CCC[C@H](c4cc(=O)[nH]cn4)C3)oc2c1C. The number of carbonyl (C=O) groups is 1. The van der Waals surface area contributed by atoms with Gasteiger partial charge in [0.1, 0.15) is 5.58 Å². The first-order chi connectivity index (χ1) is 13.0. The molecule has 1 N–H and O–H groups in total. The molecule has 1 saturated heterocycles. The van der Waals surface area contributed by atoms with Crippen LogP contribution in [-0.4, -0.2) is 33.9 Å². The average Bonchev–Trinajstić information content (AvgIpc) is 3.01. The number of benzene rings is 1. The van der Waals surface area contributed by atoms with Crippen molar-refractivity contribution in [2.45, 2.75) is 39.5 Å². The number of furan rings is 1. The molecule has 1 fully saturated rings. The Kier molecular flexibility index (Phi) is 4.34. The molecular weight excluding hydrogens is 342 g/mol. The van der Waals surface area contributed by atoms with Crippen molar-refractivity contribution in [3.8, 4) is 0 Å². The van der Waals surface area contributed by atoms with E-state index in [9.17, 15) is 9.59 Å². The second-order valence-electron chi connectivity index (χ2n) is 7.37. The molecule has 27 heavy (non-hydrogen) atoms. The van der Waals surface area contributed by atoms with Crippen molar-refractivity contribution >= 4 is 16.9 Å². The van der Waals surface area contributed by atoms with E-state index in [2.05, 4.69) is 16.0 Å². The second-order valence-corrected chi connectivity index (χ2v) is 7.37. The molecule has 0 bridgehead atoms. The standard InChI is InChI=1S/C21H23N3O3/c1-12-6-7-16-14(3)20(27-19(16)13(12)2)21(26)24-8-4-5-15(10-24)17-9-18(25)23-11-22-17/h6-7,9,11,15H,4-5,8,10H2,1-3H3,(H,22,23,25)/t15-/m0/s1. The summed E-state index contributed by atoms with van der Waals surface area (Å²) < 4.78 is 6.02. The first-order valence-electron chi connectivity index (χ1n) is 9.29. The third kappa shape index (κ3) is 3.05. The first-order valence-corrected chi connectivity index (χ1v) is 9.29. The van der Waals surface area contributed by atoms with Gasteiger partial charge in [-0.25, -0.2) is 4.98 Å². The Labute approximate surface area is 157 Å². The molecule has 1 aliphatic heterocycles. The summed E-state index contributed by atoms with van der Waals surface area (Å²) >= 11 is 0. The molecule has 0 unspecified atom stereocenters. The molecule has 3 aromatic rings. The highest BCUT2D eigenvalue weighted by molar-refractivity contribution is 5.99. The smallest absolute Gasteiger partial charge is 0.289 e. The van der Waals surface area contributed by atoms with Crippen LogP contribution in [0.3, 0.4) is 0 Å². The topological polar surface area (TPSA) is 79.2 Å². The van der Waals surface area contributed by atoms with Crippen molar-refractivity contribution in [1.29, 1.82) is 0 Å². The number of fused-ring (bicyclic) bond motifs is 1. The van der Waals surface area contributed by atoms with Gasteiger partial charge in [0.05, 0.1) is 12.0 Å². The zero-order valence-corrected chi connectivity index (χ0v) is 15.8. The van der Waals surface area contributed by atoms with Gasteiger partial charge in [0.15, 0.2) is 5.76 Å². The molecular formula is C21H23N3O3. The zero-order valence-electron chi connectivity index (χ0n) is 15.8. The minimum absolute atomic E-state index is 0.0682. The molecule has 1 aliphatic rings. The summed E-state index contributed by atoms with van der Waals surface area (Å²) in [6.45, 7) is 7.23. The van der Waals surface area contributed by atoms with Crippen molar-refractivity contribution in [2.24, 2.45) is 0 Å². The van der Waals surface area contributed by atoms with Crippen LogP contribution in [-0.2, 0) is 0 Å². The lowest BCUT2D eigenvalue weighted by atomic mass is 9.94. The molecule has 2 aromatic heterocycles. The number of nitrogens with zero attached hydrogens (tertiary/aromatic N) is 2. The molecule has 0 radical (unpaired) electrons.